The topological polar surface area (TPSA) is 29.3 Å². The Morgan fingerprint density at radius 1 is 1.06 bits per heavy atom. The minimum Gasteiger partial charge on any atom is -0.329 e. The maximum absolute atomic E-state index is 5.91. The fourth-order valence-corrected chi connectivity index (χ4v) is 2.39. The van der Waals surface area contributed by atoms with E-state index in [4.69, 9.17) is 5.73 Å². The van der Waals surface area contributed by atoms with Crippen molar-refractivity contribution >= 4 is 0 Å². The zero-order chi connectivity index (χ0) is 12.4. The number of hydrogen-bond acceptors (Lipinski definition) is 2. The second-order valence-corrected chi connectivity index (χ2v) is 4.83. The molecule has 0 aliphatic heterocycles. The number of rotatable bonds is 10. The van der Waals surface area contributed by atoms with Crippen LogP contribution in [0.15, 0.2) is 0 Å². The van der Waals surface area contributed by atoms with Gasteiger partial charge in [-0.2, -0.15) is 0 Å². The summed E-state index contributed by atoms with van der Waals surface area (Å²) in [5.41, 5.74) is 5.91. The van der Waals surface area contributed by atoms with E-state index < -0.39 is 0 Å². The fraction of sp³-hybridized carbons (Fsp3) is 1.00. The van der Waals surface area contributed by atoms with E-state index in [-0.39, 0.29) is 0 Å². The van der Waals surface area contributed by atoms with Crippen molar-refractivity contribution in [3.63, 3.8) is 0 Å². The first-order chi connectivity index (χ1) is 7.71. The maximum atomic E-state index is 5.91. The third kappa shape index (κ3) is 5.86. The van der Waals surface area contributed by atoms with E-state index in [1.165, 1.54) is 38.5 Å². The number of unbranched alkanes of at least 4 members (excludes halogenated alkanes) is 3. The monoisotopic (exact) mass is 228 g/mol. The van der Waals surface area contributed by atoms with Crippen LogP contribution in [0.1, 0.15) is 66.2 Å². The van der Waals surface area contributed by atoms with Crippen molar-refractivity contribution < 1.29 is 0 Å². The molecule has 0 saturated heterocycles. The Bertz CT molecular complexity index is 148. The molecule has 0 aromatic heterocycles. The van der Waals surface area contributed by atoms with Gasteiger partial charge < -0.3 is 5.73 Å². The van der Waals surface area contributed by atoms with Crippen LogP contribution in [-0.2, 0) is 0 Å². The highest BCUT2D eigenvalue weighted by Crippen LogP contribution is 2.14. The lowest BCUT2D eigenvalue weighted by Crippen LogP contribution is -2.45. The smallest absolute Gasteiger partial charge is 0.0221 e. The number of nitrogens with zero attached hydrogens (tertiary/aromatic N) is 1. The molecule has 0 amide bonds. The maximum Gasteiger partial charge on any atom is 0.0221 e. The lowest BCUT2D eigenvalue weighted by molar-refractivity contribution is 0.142. The van der Waals surface area contributed by atoms with E-state index in [2.05, 4.69) is 32.6 Å². The van der Waals surface area contributed by atoms with E-state index in [9.17, 15) is 0 Å². The van der Waals surface area contributed by atoms with Gasteiger partial charge in [-0.25, -0.2) is 0 Å². The normalized spacial score (nSPS) is 15.4. The Kier molecular flexibility index (Phi) is 10.0. The van der Waals surface area contributed by atoms with Crippen LogP contribution in [0.4, 0.5) is 0 Å². The van der Waals surface area contributed by atoms with Crippen LogP contribution < -0.4 is 5.73 Å². The molecule has 98 valence electrons. The molecular weight excluding hydrogens is 196 g/mol. The predicted molar refractivity (Wildman–Crippen MR) is 73.7 cm³/mol. The van der Waals surface area contributed by atoms with Gasteiger partial charge in [-0.05, 0) is 26.3 Å². The molecule has 0 aromatic rings. The largest absolute Gasteiger partial charge is 0.329 e. The molecule has 16 heavy (non-hydrogen) atoms. The van der Waals surface area contributed by atoms with Gasteiger partial charge in [-0.3, -0.25) is 4.90 Å². The summed E-state index contributed by atoms with van der Waals surface area (Å²) in [6.07, 6.45) is 7.88. The van der Waals surface area contributed by atoms with Gasteiger partial charge in [-0.1, -0.05) is 46.5 Å². The van der Waals surface area contributed by atoms with Crippen molar-refractivity contribution in [2.45, 2.75) is 78.3 Å². The van der Waals surface area contributed by atoms with Crippen LogP contribution in [0.2, 0.25) is 0 Å². The summed E-state index contributed by atoms with van der Waals surface area (Å²) >= 11 is 0. The third-order valence-corrected chi connectivity index (χ3v) is 3.65. The highest BCUT2D eigenvalue weighted by molar-refractivity contribution is 4.76. The zero-order valence-electron chi connectivity index (χ0n) is 11.8. The van der Waals surface area contributed by atoms with Crippen molar-refractivity contribution in [1.82, 2.24) is 4.90 Å². The minimum atomic E-state index is 0.594. The number of likely N-dealkylation sites (N-methyl/N-ethyl adjacent to an activating group) is 1. The summed E-state index contributed by atoms with van der Waals surface area (Å²) < 4.78 is 0. The molecule has 0 aromatic carbocycles. The first-order valence-corrected chi connectivity index (χ1v) is 7.16. The van der Waals surface area contributed by atoms with Crippen molar-refractivity contribution in [3.05, 3.63) is 0 Å². The molecule has 0 bridgehead atoms. The van der Waals surface area contributed by atoms with Crippen molar-refractivity contribution in [3.8, 4) is 0 Å². The fourth-order valence-electron chi connectivity index (χ4n) is 2.39. The van der Waals surface area contributed by atoms with Crippen molar-refractivity contribution in [1.29, 1.82) is 0 Å². The SMILES string of the molecule is CCCCCCC(CN)N(CC)C(C)CC. The molecule has 0 heterocycles. The van der Waals surface area contributed by atoms with Gasteiger partial charge in [-0.15, -0.1) is 0 Å². The molecule has 0 aliphatic carbocycles. The second-order valence-electron chi connectivity index (χ2n) is 4.83. The van der Waals surface area contributed by atoms with E-state index in [1.54, 1.807) is 0 Å². The summed E-state index contributed by atoms with van der Waals surface area (Å²) in [7, 11) is 0. The molecule has 0 rings (SSSR count). The quantitative estimate of drug-likeness (QED) is 0.581. The summed E-state index contributed by atoms with van der Waals surface area (Å²) in [6.45, 7) is 11.0. The Labute approximate surface area is 103 Å². The van der Waals surface area contributed by atoms with E-state index in [0.717, 1.165) is 13.1 Å². The van der Waals surface area contributed by atoms with Gasteiger partial charge in [0.1, 0.15) is 0 Å². The highest BCUT2D eigenvalue weighted by atomic mass is 15.2. The standard InChI is InChI=1S/C14H32N2/c1-5-8-9-10-11-14(12-15)16(7-3)13(4)6-2/h13-14H,5-12,15H2,1-4H3. The molecular formula is C14H32N2. The second kappa shape index (κ2) is 10.1. The van der Waals surface area contributed by atoms with E-state index >= 15 is 0 Å². The average Bonchev–Trinajstić information content (AvgIpc) is 2.32. The van der Waals surface area contributed by atoms with Gasteiger partial charge in [0, 0.05) is 18.6 Å². The molecule has 0 aliphatic rings. The summed E-state index contributed by atoms with van der Waals surface area (Å²) in [5, 5.41) is 0. The van der Waals surface area contributed by atoms with Gasteiger partial charge in [0.15, 0.2) is 0 Å². The molecule has 0 radical (unpaired) electrons. The summed E-state index contributed by atoms with van der Waals surface area (Å²) in [5.74, 6) is 0. The van der Waals surface area contributed by atoms with Gasteiger partial charge in [0.25, 0.3) is 0 Å². The van der Waals surface area contributed by atoms with Crippen LogP contribution >= 0.6 is 0 Å². The van der Waals surface area contributed by atoms with Crippen LogP contribution in [-0.4, -0.2) is 30.1 Å². The van der Waals surface area contributed by atoms with E-state index in [0.29, 0.717) is 12.1 Å². The molecule has 2 atom stereocenters. The van der Waals surface area contributed by atoms with Crippen molar-refractivity contribution in [2.75, 3.05) is 13.1 Å². The van der Waals surface area contributed by atoms with Crippen LogP contribution in [0.5, 0.6) is 0 Å². The Hall–Kier alpha value is -0.0800. The van der Waals surface area contributed by atoms with Crippen LogP contribution in [0.25, 0.3) is 0 Å². The molecule has 0 spiro atoms. The Balaban J connectivity index is 4.01. The van der Waals surface area contributed by atoms with E-state index in [1.807, 2.05) is 0 Å². The molecule has 2 nitrogen and oxygen atoms in total. The van der Waals surface area contributed by atoms with Crippen LogP contribution in [0.3, 0.4) is 0 Å². The van der Waals surface area contributed by atoms with Gasteiger partial charge >= 0.3 is 0 Å². The Morgan fingerprint density at radius 3 is 2.19 bits per heavy atom. The lowest BCUT2D eigenvalue weighted by Gasteiger charge is -2.34. The minimum absolute atomic E-state index is 0.594. The first-order valence-electron chi connectivity index (χ1n) is 7.16. The first kappa shape index (κ1) is 15.9. The van der Waals surface area contributed by atoms with Gasteiger partial charge in [0.2, 0.25) is 0 Å². The number of hydrogen-bond donors (Lipinski definition) is 1. The summed E-state index contributed by atoms with van der Waals surface area (Å²) in [6, 6.07) is 1.27. The molecule has 0 saturated carbocycles. The lowest BCUT2D eigenvalue weighted by atomic mass is 10.0. The molecule has 2 N–H and O–H groups in total. The zero-order valence-corrected chi connectivity index (χ0v) is 11.8. The highest BCUT2D eigenvalue weighted by Gasteiger charge is 2.19. The van der Waals surface area contributed by atoms with Gasteiger partial charge in [0.05, 0.1) is 0 Å². The third-order valence-electron chi connectivity index (χ3n) is 3.65. The predicted octanol–water partition coefficient (Wildman–Crippen LogP) is 3.40. The average molecular weight is 228 g/mol. The molecule has 2 unspecified atom stereocenters. The molecule has 2 heteroatoms. The number of nitrogens with two attached hydrogens (primary N) is 1. The summed E-state index contributed by atoms with van der Waals surface area (Å²) in [4.78, 5) is 2.58. The van der Waals surface area contributed by atoms with Crippen LogP contribution in [0, 0.1) is 0 Å². The van der Waals surface area contributed by atoms with Crippen molar-refractivity contribution in [2.24, 2.45) is 5.73 Å². The molecule has 0 fully saturated rings. The Morgan fingerprint density at radius 2 is 1.75 bits per heavy atom.